The molecular formula is C21H32O2. The van der Waals surface area contributed by atoms with Crippen LogP contribution in [-0.4, -0.2) is 21.4 Å². The standard InChI is InChI=1S/C21H32O2/c1-16-14-20(22,12-10-17(2,3)4)15-19(8,9)21(16,23)13-11-18(5,6)7/h14,22-23H,15H2,1-9H3. The van der Waals surface area contributed by atoms with Gasteiger partial charge < -0.3 is 10.2 Å². The maximum Gasteiger partial charge on any atom is 0.152 e. The van der Waals surface area contributed by atoms with Crippen molar-refractivity contribution in [2.24, 2.45) is 16.2 Å². The van der Waals surface area contributed by atoms with E-state index >= 15 is 0 Å². The second-order valence-corrected chi connectivity index (χ2v) is 9.52. The van der Waals surface area contributed by atoms with E-state index in [2.05, 4.69) is 23.7 Å². The van der Waals surface area contributed by atoms with E-state index in [-0.39, 0.29) is 10.8 Å². The van der Waals surface area contributed by atoms with Gasteiger partial charge in [0.05, 0.1) is 0 Å². The van der Waals surface area contributed by atoms with Gasteiger partial charge in [0, 0.05) is 22.7 Å². The van der Waals surface area contributed by atoms with Crippen molar-refractivity contribution in [1.29, 1.82) is 0 Å². The van der Waals surface area contributed by atoms with Gasteiger partial charge >= 0.3 is 0 Å². The molecule has 2 N–H and O–H groups in total. The third kappa shape index (κ3) is 4.87. The molecule has 0 amide bonds. The average Bonchev–Trinajstić information content (AvgIpc) is 2.29. The summed E-state index contributed by atoms with van der Waals surface area (Å²) in [5, 5.41) is 22.1. The van der Waals surface area contributed by atoms with Crippen LogP contribution in [-0.2, 0) is 0 Å². The lowest BCUT2D eigenvalue weighted by Gasteiger charge is -2.47. The summed E-state index contributed by atoms with van der Waals surface area (Å²) in [4.78, 5) is 0. The first-order chi connectivity index (χ1) is 10.00. The van der Waals surface area contributed by atoms with Crippen LogP contribution >= 0.6 is 0 Å². The monoisotopic (exact) mass is 316 g/mol. The van der Waals surface area contributed by atoms with Crippen LogP contribution in [0.3, 0.4) is 0 Å². The highest BCUT2D eigenvalue weighted by Crippen LogP contribution is 2.47. The fourth-order valence-corrected chi connectivity index (χ4v) is 2.77. The second-order valence-electron chi connectivity index (χ2n) is 9.52. The summed E-state index contributed by atoms with van der Waals surface area (Å²) < 4.78 is 0. The topological polar surface area (TPSA) is 40.5 Å². The van der Waals surface area contributed by atoms with Crippen LogP contribution < -0.4 is 0 Å². The number of hydrogen-bond acceptors (Lipinski definition) is 2. The fourth-order valence-electron chi connectivity index (χ4n) is 2.77. The molecule has 0 spiro atoms. The minimum atomic E-state index is -1.25. The van der Waals surface area contributed by atoms with Crippen molar-refractivity contribution < 1.29 is 10.2 Å². The zero-order chi connectivity index (χ0) is 18.3. The van der Waals surface area contributed by atoms with Crippen LogP contribution in [0.2, 0.25) is 0 Å². The molecule has 0 bridgehead atoms. The van der Waals surface area contributed by atoms with Crippen LogP contribution in [0.1, 0.15) is 68.7 Å². The first kappa shape index (κ1) is 19.8. The predicted octanol–water partition coefficient (Wildman–Crippen LogP) is 3.92. The van der Waals surface area contributed by atoms with E-state index in [1.54, 1.807) is 6.08 Å². The van der Waals surface area contributed by atoms with Gasteiger partial charge in [-0.2, -0.15) is 0 Å². The molecule has 0 aromatic rings. The molecular weight excluding hydrogens is 284 g/mol. The number of rotatable bonds is 0. The maximum absolute atomic E-state index is 11.2. The van der Waals surface area contributed by atoms with Gasteiger partial charge in [0.25, 0.3) is 0 Å². The Morgan fingerprint density at radius 1 is 0.913 bits per heavy atom. The van der Waals surface area contributed by atoms with Gasteiger partial charge in [-0.25, -0.2) is 0 Å². The largest absolute Gasteiger partial charge is 0.374 e. The minimum absolute atomic E-state index is 0.179. The highest BCUT2D eigenvalue weighted by molar-refractivity contribution is 5.43. The van der Waals surface area contributed by atoms with Gasteiger partial charge in [-0.3, -0.25) is 0 Å². The first-order valence-electron chi connectivity index (χ1n) is 8.23. The Hall–Kier alpha value is -1.22. The van der Waals surface area contributed by atoms with Crippen molar-refractivity contribution in [2.45, 2.75) is 79.9 Å². The number of hydrogen-bond donors (Lipinski definition) is 2. The lowest BCUT2D eigenvalue weighted by atomic mass is 9.61. The van der Waals surface area contributed by atoms with Crippen molar-refractivity contribution in [3.05, 3.63) is 11.6 Å². The quantitative estimate of drug-likeness (QED) is 0.525. The molecule has 0 aromatic heterocycles. The summed E-state index contributed by atoms with van der Waals surface area (Å²) in [6.45, 7) is 17.8. The Kier molecular flexibility index (Phi) is 4.91. The van der Waals surface area contributed by atoms with E-state index in [1.807, 2.05) is 62.3 Å². The van der Waals surface area contributed by atoms with Gasteiger partial charge in [0.1, 0.15) is 5.60 Å². The molecule has 0 aliphatic heterocycles. The maximum atomic E-state index is 11.2. The molecule has 0 heterocycles. The molecule has 0 radical (unpaired) electrons. The molecule has 2 unspecified atom stereocenters. The normalized spacial score (nSPS) is 30.5. The molecule has 0 saturated carbocycles. The molecule has 2 heteroatoms. The Morgan fingerprint density at radius 2 is 1.35 bits per heavy atom. The lowest BCUT2D eigenvalue weighted by molar-refractivity contribution is -0.0397. The SMILES string of the molecule is CC1=CC(O)(C#CC(C)(C)C)CC(C)(C)C1(O)C#CC(C)(C)C. The van der Waals surface area contributed by atoms with Crippen LogP contribution in [0.25, 0.3) is 0 Å². The molecule has 1 aliphatic rings. The summed E-state index contributed by atoms with van der Waals surface area (Å²) >= 11 is 0. The van der Waals surface area contributed by atoms with E-state index in [4.69, 9.17) is 0 Å². The number of aliphatic hydroxyl groups is 2. The van der Waals surface area contributed by atoms with Crippen molar-refractivity contribution in [2.75, 3.05) is 0 Å². The van der Waals surface area contributed by atoms with Crippen molar-refractivity contribution in [1.82, 2.24) is 0 Å². The zero-order valence-electron chi connectivity index (χ0n) is 16.2. The summed E-state index contributed by atoms with van der Waals surface area (Å²) in [7, 11) is 0. The van der Waals surface area contributed by atoms with Crippen molar-refractivity contribution in [3.8, 4) is 23.7 Å². The first-order valence-corrected chi connectivity index (χ1v) is 8.23. The lowest BCUT2D eigenvalue weighted by Crippen LogP contribution is -2.53. The van der Waals surface area contributed by atoms with Crippen LogP contribution in [0, 0.1) is 39.9 Å². The highest BCUT2D eigenvalue weighted by Gasteiger charge is 2.51. The van der Waals surface area contributed by atoms with Crippen LogP contribution in [0.15, 0.2) is 11.6 Å². The molecule has 2 nitrogen and oxygen atoms in total. The molecule has 0 fully saturated rings. The van der Waals surface area contributed by atoms with Crippen LogP contribution in [0.5, 0.6) is 0 Å². The summed E-state index contributed by atoms with van der Waals surface area (Å²) in [6, 6.07) is 0. The third-order valence-corrected chi connectivity index (χ3v) is 3.99. The average molecular weight is 316 g/mol. The van der Waals surface area contributed by atoms with Crippen molar-refractivity contribution in [3.63, 3.8) is 0 Å². The van der Waals surface area contributed by atoms with Crippen molar-refractivity contribution >= 4 is 0 Å². The smallest absolute Gasteiger partial charge is 0.152 e. The van der Waals surface area contributed by atoms with E-state index in [9.17, 15) is 10.2 Å². The third-order valence-electron chi connectivity index (χ3n) is 3.99. The highest BCUT2D eigenvalue weighted by atomic mass is 16.3. The van der Waals surface area contributed by atoms with Gasteiger partial charge in [-0.1, -0.05) is 37.5 Å². The summed E-state index contributed by atoms with van der Waals surface area (Å²) in [5.74, 6) is 12.3. The van der Waals surface area contributed by atoms with Gasteiger partial charge in [0.15, 0.2) is 5.60 Å². The Morgan fingerprint density at radius 3 is 1.74 bits per heavy atom. The predicted molar refractivity (Wildman–Crippen MR) is 96.5 cm³/mol. The fraction of sp³-hybridized carbons (Fsp3) is 0.714. The van der Waals surface area contributed by atoms with Gasteiger partial charge in [0.2, 0.25) is 0 Å². The minimum Gasteiger partial charge on any atom is -0.374 e. The Balaban J connectivity index is 3.39. The van der Waals surface area contributed by atoms with E-state index < -0.39 is 16.6 Å². The molecule has 1 aliphatic carbocycles. The Bertz CT molecular complexity index is 617. The molecule has 23 heavy (non-hydrogen) atoms. The molecule has 1 rings (SSSR count). The van der Waals surface area contributed by atoms with E-state index in [0.717, 1.165) is 0 Å². The molecule has 0 aromatic carbocycles. The molecule has 0 saturated heterocycles. The zero-order valence-corrected chi connectivity index (χ0v) is 16.2. The molecule has 2 atom stereocenters. The Labute approximate surface area is 142 Å². The van der Waals surface area contributed by atoms with E-state index in [0.29, 0.717) is 12.0 Å². The van der Waals surface area contributed by atoms with Crippen LogP contribution in [0.4, 0.5) is 0 Å². The van der Waals surface area contributed by atoms with E-state index in [1.165, 1.54) is 0 Å². The van der Waals surface area contributed by atoms with Gasteiger partial charge in [-0.05, 0) is 60.1 Å². The summed E-state index contributed by atoms with van der Waals surface area (Å²) in [6.07, 6.45) is 2.02. The summed E-state index contributed by atoms with van der Waals surface area (Å²) in [5.41, 5.74) is -2.79. The second kappa shape index (κ2) is 5.70. The van der Waals surface area contributed by atoms with Gasteiger partial charge in [-0.15, -0.1) is 0 Å². The molecule has 128 valence electrons.